The highest BCUT2D eigenvalue weighted by Gasteiger charge is 2.07. The van der Waals surface area contributed by atoms with E-state index in [1.54, 1.807) is 11.8 Å². The molecular weight excluding hydrogens is 242 g/mol. The van der Waals surface area contributed by atoms with Crippen molar-refractivity contribution in [3.8, 4) is 0 Å². The van der Waals surface area contributed by atoms with Gasteiger partial charge in [0.1, 0.15) is 0 Å². The zero-order valence-corrected chi connectivity index (χ0v) is 10.9. The van der Waals surface area contributed by atoms with Crippen molar-refractivity contribution >= 4 is 11.8 Å². The first-order chi connectivity index (χ1) is 8.79. The van der Waals surface area contributed by atoms with Gasteiger partial charge in [-0.1, -0.05) is 42.5 Å². The monoisotopic (exact) mass is 259 g/mol. The Bertz CT molecular complexity index is 487. The molecule has 0 saturated heterocycles. The molecule has 0 spiro atoms. The minimum Gasteiger partial charge on any atom is -0.388 e. The Kier molecular flexibility index (Phi) is 4.81. The maximum Gasteiger partial charge on any atom is 0.0883 e. The number of nitrogens with two attached hydrogens (primary N) is 1. The van der Waals surface area contributed by atoms with E-state index in [2.05, 4.69) is 6.07 Å². The van der Waals surface area contributed by atoms with Crippen LogP contribution in [0.1, 0.15) is 17.2 Å². The topological polar surface area (TPSA) is 46.2 Å². The van der Waals surface area contributed by atoms with Gasteiger partial charge in [-0.05, 0) is 23.3 Å². The molecule has 0 radical (unpaired) electrons. The summed E-state index contributed by atoms with van der Waals surface area (Å²) in [6.07, 6.45) is -0.433. The van der Waals surface area contributed by atoms with Crippen molar-refractivity contribution in [2.24, 2.45) is 5.73 Å². The Morgan fingerprint density at radius 1 is 1.06 bits per heavy atom. The lowest BCUT2D eigenvalue weighted by atomic mass is 10.1. The standard InChI is InChI=1S/C15H17NOS/c16-10-12-5-4-8-14(9-12)18-11-15(17)13-6-2-1-3-7-13/h1-9,15,17H,10-11,16H2. The molecule has 1 atom stereocenters. The Hall–Kier alpha value is -1.29. The number of thioether (sulfide) groups is 1. The molecule has 18 heavy (non-hydrogen) atoms. The molecule has 2 rings (SSSR count). The van der Waals surface area contributed by atoms with E-state index in [1.165, 1.54) is 0 Å². The number of aliphatic hydroxyl groups is 1. The van der Waals surface area contributed by atoms with E-state index in [4.69, 9.17) is 5.73 Å². The van der Waals surface area contributed by atoms with Crippen molar-refractivity contribution in [1.82, 2.24) is 0 Å². The van der Waals surface area contributed by atoms with Crippen molar-refractivity contribution in [2.75, 3.05) is 5.75 Å². The molecule has 2 nitrogen and oxygen atoms in total. The Labute approximate surface area is 112 Å². The van der Waals surface area contributed by atoms with Crippen LogP contribution in [0.4, 0.5) is 0 Å². The maximum absolute atomic E-state index is 10.1. The van der Waals surface area contributed by atoms with Gasteiger partial charge in [0.05, 0.1) is 6.10 Å². The lowest BCUT2D eigenvalue weighted by Crippen LogP contribution is -2.00. The fourth-order valence-electron chi connectivity index (χ4n) is 1.71. The van der Waals surface area contributed by atoms with Gasteiger partial charge in [-0.2, -0.15) is 0 Å². The number of rotatable bonds is 5. The second kappa shape index (κ2) is 6.59. The van der Waals surface area contributed by atoms with Crippen LogP contribution in [0, 0.1) is 0 Å². The molecule has 0 aliphatic carbocycles. The second-order valence-electron chi connectivity index (χ2n) is 4.09. The fraction of sp³-hybridized carbons (Fsp3) is 0.200. The molecule has 0 fully saturated rings. The third kappa shape index (κ3) is 3.60. The SMILES string of the molecule is NCc1cccc(SCC(O)c2ccccc2)c1. The highest BCUT2D eigenvalue weighted by atomic mass is 32.2. The molecule has 1 unspecified atom stereocenters. The minimum atomic E-state index is -0.433. The average Bonchev–Trinajstić information content (AvgIpc) is 2.46. The van der Waals surface area contributed by atoms with Crippen LogP contribution in [0.25, 0.3) is 0 Å². The zero-order chi connectivity index (χ0) is 12.8. The molecule has 0 saturated carbocycles. The molecule has 2 aromatic rings. The summed E-state index contributed by atoms with van der Waals surface area (Å²) in [5, 5.41) is 10.1. The second-order valence-corrected chi connectivity index (χ2v) is 5.18. The number of hydrogen-bond donors (Lipinski definition) is 2. The first kappa shape index (κ1) is 13.1. The van der Waals surface area contributed by atoms with Crippen LogP contribution in [0.3, 0.4) is 0 Å². The van der Waals surface area contributed by atoms with Gasteiger partial charge in [-0.15, -0.1) is 11.8 Å². The van der Waals surface area contributed by atoms with E-state index in [1.807, 2.05) is 48.5 Å². The summed E-state index contributed by atoms with van der Waals surface area (Å²) < 4.78 is 0. The number of benzene rings is 2. The predicted octanol–water partition coefficient (Wildman–Crippen LogP) is 2.97. The normalized spacial score (nSPS) is 12.3. The van der Waals surface area contributed by atoms with Crippen LogP contribution >= 0.6 is 11.8 Å². The summed E-state index contributed by atoms with van der Waals surface area (Å²) in [7, 11) is 0. The van der Waals surface area contributed by atoms with Gasteiger partial charge >= 0.3 is 0 Å². The van der Waals surface area contributed by atoms with Crippen molar-refractivity contribution in [3.63, 3.8) is 0 Å². The number of aliphatic hydroxyl groups excluding tert-OH is 1. The van der Waals surface area contributed by atoms with Gasteiger partial charge in [0, 0.05) is 17.2 Å². The third-order valence-electron chi connectivity index (χ3n) is 2.73. The van der Waals surface area contributed by atoms with Crippen molar-refractivity contribution in [3.05, 3.63) is 65.7 Å². The lowest BCUT2D eigenvalue weighted by molar-refractivity contribution is 0.204. The lowest BCUT2D eigenvalue weighted by Gasteiger charge is -2.10. The van der Waals surface area contributed by atoms with Crippen molar-refractivity contribution in [2.45, 2.75) is 17.5 Å². The molecule has 0 heterocycles. The zero-order valence-electron chi connectivity index (χ0n) is 10.1. The van der Waals surface area contributed by atoms with Crippen molar-refractivity contribution in [1.29, 1.82) is 0 Å². The summed E-state index contributed by atoms with van der Waals surface area (Å²) in [4.78, 5) is 1.15. The highest BCUT2D eigenvalue weighted by Crippen LogP contribution is 2.25. The molecule has 3 heteroatoms. The molecule has 0 amide bonds. The molecule has 0 aliphatic heterocycles. The van der Waals surface area contributed by atoms with Crippen LogP contribution in [0.5, 0.6) is 0 Å². The van der Waals surface area contributed by atoms with Crippen LogP contribution in [-0.2, 0) is 6.54 Å². The van der Waals surface area contributed by atoms with Crippen LogP contribution < -0.4 is 5.73 Å². The minimum absolute atomic E-state index is 0.433. The van der Waals surface area contributed by atoms with E-state index < -0.39 is 6.10 Å². The maximum atomic E-state index is 10.1. The van der Waals surface area contributed by atoms with Gasteiger partial charge < -0.3 is 10.8 Å². The summed E-state index contributed by atoms with van der Waals surface area (Å²) in [6.45, 7) is 0.551. The average molecular weight is 259 g/mol. The van der Waals surface area contributed by atoms with Crippen LogP contribution in [0.2, 0.25) is 0 Å². The summed E-state index contributed by atoms with van der Waals surface area (Å²) in [6, 6.07) is 17.9. The molecule has 2 aromatic carbocycles. The first-order valence-corrected chi connectivity index (χ1v) is 6.93. The van der Waals surface area contributed by atoms with Gasteiger partial charge in [-0.3, -0.25) is 0 Å². The quantitative estimate of drug-likeness (QED) is 0.811. The van der Waals surface area contributed by atoms with Crippen molar-refractivity contribution < 1.29 is 5.11 Å². The fourth-order valence-corrected chi connectivity index (χ4v) is 2.66. The van der Waals surface area contributed by atoms with E-state index in [0.717, 1.165) is 16.0 Å². The summed E-state index contributed by atoms with van der Waals surface area (Å²) in [5.74, 6) is 0.651. The Morgan fingerprint density at radius 2 is 1.83 bits per heavy atom. The van der Waals surface area contributed by atoms with E-state index in [-0.39, 0.29) is 0 Å². The van der Waals surface area contributed by atoms with Crippen LogP contribution in [0.15, 0.2) is 59.5 Å². The van der Waals surface area contributed by atoms with E-state index >= 15 is 0 Å². The Balaban J connectivity index is 1.95. The summed E-state index contributed by atoms with van der Waals surface area (Å²) in [5.41, 5.74) is 7.69. The van der Waals surface area contributed by atoms with E-state index in [9.17, 15) is 5.11 Å². The molecule has 0 bridgehead atoms. The van der Waals surface area contributed by atoms with Gasteiger partial charge in [-0.25, -0.2) is 0 Å². The Morgan fingerprint density at radius 3 is 2.56 bits per heavy atom. The third-order valence-corrected chi connectivity index (χ3v) is 3.80. The van der Waals surface area contributed by atoms with Gasteiger partial charge in [0.15, 0.2) is 0 Å². The number of hydrogen-bond acceptors (Lipinski definition) is 3. The molecular formula is C15H17NOS. The smallest absolute Gasteiger partial charge is 0.0883 e. The molecule has 0 aliphatic rings. The molecule has 0 aromatic heterocycles. The predicted molar refractivity (Wildman–Crippen MR) is 76.5 cm³/mol. The largest absolute Gasteiger partial charge is 0.388 e. The first-order valence-electron chi connectivity index (χ1n) is 5.94. The van der Waals surface area contributed by atoms with Gasteiger partial charge in [0.2, 0.25) is 0 Å². The van der Waals surface area contributed by atoms with Crippen LogP contribution in [-0.4, -0.2) is 10.9 Å². The van der Waals surface area contributed by atoms with Gasteiger partial charge in [0.25, 0.3) is 0 Å². The van der Waals surface area contributed by atoms with E-state index in [0.29, 0.717) is 12.3 Å². The molecule has 3 N–H and O–H groups in total. The summed E-state index contributed by atoms with van der Waals surface area (Å²) >= 11 is 1.65. The molecule has 94 valence electrons. The highest BCUT2D eigenvalue weighted by molar-refractivity contribution is 7.99.